The topological polar surface area (TPSA) is 104 Å². The number of hydrogen-bond acceptors (Lipinski definition) is 6. The normalized spacial score (nSPS) is 15.8. The Morgan fingerprint density at radius 3 is 2.41 bits per heavy atom. The minimum Gasteiger partial charge on any atom is -0.352 e. The van der Waals surface area contributed by atoms with Crippen LogP contribution >= 0.6 is 11.3 Å². The molecule has 2 heterocycles. The van der Waals surface area contributed by atoms with E-state index in [-0.39, 0.29) is 27.7 Å². The van der Waals surface area contributed by atoms with Crippen LogP contribution in [0, 0.1) is 5.92 Å². The summed E-state index contributed by atoms with van der Waals surface area (Å²) in [5.74, 6) is -1.05. The Labute approximate surface area is 189 Å². The van der Waals surface area contributed by atoms with E-state index in [1.807, 2.05) is 48.5 Å². The third kappa shape index (κ3) is 5.36. The smallest absolute Gasteiger partial charge is 0.286 e. The molecule has 2 aromatic carbocycles. The number of rotatable bonds is 6. The fourth-order valence-corrected chi connectivity index (χ4v) is 4.25. The summed E-state index contributed by atoms with van der Waals surface area (Å²) in [5.41, 5.74) is 1.67. The van der Waals surface area contributed by atoms with Crippen molar-refractivity contribution < 1.29 is 14.4 Å². The number of nitrogens with one attached hydrogen (secondary N) is 2. The molecule has 0 bridgehead atoms. The zero-order chi connectivity index (χ0) is 22.3. The van der Waals surface area contributed by atoms with Gasteiger partial charge in [0.05, 0.1) is 5.92 Å². The van der Waals surface area contributed by atoms with Gasteiger partial charge in [-0.2, -0.15) is 0 Å². The highest BCUT2D eigenvalue weighted by molar-refractivity contribution is 7.15. The molecule has 1 aliphatic rings. The van der Waals surface area contributed by atoms with E-state index in [1.54, 1.807) is 17.0 Å². The standard InChI is InChI=1S/C23H23N5O3S/c29-19(24-14-16-8-3-1-4-9-16)17-10-7-13-28(15-17)23(31)22-27-26-21(32-22)20(30)25-18-11-5-2-6-12-18/h1-6,8-9,11-12,17H,7,10,13-15H2,(H,24,29)(H,25,30). The van der Waals surface area contributed by atoms with E-state index in [0.717, 1.165) is 29.7 Å². The fourth-order valence-electron chi connectivity index (χ4n) is 3.55. The van der Waals surface area contributed by atoms with Gasteiger partial charge >= 0.3 is 0 Å². The van der Waals surface area contributed by atoms with Crippen molar-refractivity contribution in [2.45, 2.75) is 19.4 Å². The lowest BCUT2D eigenvalue weighted by Crippen LogP contribution is -2.45. The zero-order valence-electron chi connectivity index (χ0n) is 17.4. The van der Waals surface area contributed by atoms with Gasteiger partial charge in [-0.1, -0.05) is 59.9 Å². The molecule has 9 heteroatoms. The van der Waals surface area contributed by atoms with E-state index >= 15 is 0 Å². The Morgan fingerprint density at radius 1 is 0.969 bits per heavy atom. The number of anilines is 1. The van der Waals surface area contributed by atoms with Crippen LogP contribution in [-0.2, 0) is 11.3 Å². The first-order chi connectivity index (χ1) is 15.6. The maximum atomic E-state index is 12.9. The van der Waals surface area contributed by atoms with Gasteiger partial charge in [-0.3, -0.25) is 14.4 Å². The molecule has 2 N–H and O–H groups in total. The first kappa shape index (κ1) is 21.6. The van der Waals surface area contributed by atoms with Gasteiger partial charge in [0.25, 0.3) is 11.8 Å². The number of hydrogen-bond donors (Lipinski definition) is 2. The number of piperidine rings is 1. The third-order valence-electron chi connectivity index (χ3n) is 5.22. The quantitative estimate of drug-likeness (QED) is 0.602. The van der Waals surface area contributed by atoms with Gasteiger partial charge in [-0.25, -0.2) is 0 Å². The molecule has 0 radical (unpaired) electrons. The summed E-state index contributed by atoms with van der Waals surface area (Å²) in [4.78, 5) is 39.5. The zero-order valence-corrected chi connectivity index (χ0v) is 18.2. The second-order valence-electron chi connectivity index (χ2n) is 7.53. The molecule has 1 atom stereocenters. The molecule has 32 heavy (non-hydrogen) atoms. The van der Waals surface area contributed by atoms with Crippen LogP contribution in [0.15, 0.2) is 60.7 Å². The predicted octanol–water partition coefficient (Wildman–Crippen LogP) is 2.96. The molecule has 1 saturated heterocycles. The largest absolute Gasteiger partial charge is 0.352 e. The number of aromatic nitrogens is 2. The number of carbonyl (C=O) groups is 3. The highest BCUT2D eigenvalue weighted by Crippen LogP contribution is 2.21. The Morgan fingerprint density at radius 2 is 1.66 bits per heavy atom. The molecule has 1 fully saturated rings. The average molecular weight is 450 g/mol. The molecule has 3 amide bonds. The van der Waals surface area contributed by atoms with Crippen LogP contribution in [0.25, 0.3) is 0 Å². The molecule has 4 rings (SSSR count). The summed E-state index contributed by atoms with van der Waals surface area (Å²) in [6, 6.07) is 18.7. The van der Waals surface area contributed by atoms with Crippen molar-refractivity contribution in [1.29, 1.82) is 0 Å². The highest BCUT2D eigenvalue weighted by atomic mass is 32.1. The molecule has 0 spiro atoms. The van der Waals surface area contributed by atoms with Crippen LogP contribution in [-0.4, -0.2) is 45.9 Å². The third-order valence-corrected chi connectivity index (χ3v) is 6.13. The molecule has 1 aromatic heterocycles. The fraction of sp³-hybridized carbons (Fsp3) is 0.261. The summed E-state index contributed by atoms with van der Waals surface area (Å²) in [6.07, 6.45) is 1.46. The SMILES string of the molecule is O=C(Nc1ccccc1)c1nnc(C(=O)N2CCCC(C(=O)NCc3ccccc3)C2)s1. The monoisotopic (exact) mass is 449 g/mol. The average Bonchev–Trinajstić information content (AvgIpc) is 3.34. The summed E-state index contributed by atoms with van der Waals surface area (Å²) >= 11 is 0.953. The lowest BCUT2D eigenvalue weighted by Gasteiger charge is -2.31. The summed E-state index contributed by atoms with van der Waals surface area (Å²) in [5, 5.41) is 13.7. The number of para-hydroxylation sites is 1. The van der Waals surface area contributed by atoms with Gasteiger partial charge in [0.2, 0.25) is 15.9 Å². The van der Waals surface area contributed by atoms with Crippen molar-refractivity contribution in [2.75, 3.05) is 18.4 Å². The van der Waals surface area contributed by atoms with Crippen molar-refractivity contribution in [3.05, 3.63) is 76.2 Å². The van der Waals surface area contributed by atoms with Crippen LogP contribution in [0.1, 0.15) is 38.0 Å². The molecule has 164 valence electrons. The lowest BCUT2D eigenvalue weighted by molar-refractivity contribution is -0.126. The van der Waals surface area contributed by atoms with Crippen molar-refractivity contribution in [2.24, 2.45) is 5.92 Å². The summed E-state index contributed by atoms with van der Waals surface area (Å²) in [6.45, 7) is 1.33. The maximum Gasteiger partial charge on any atom is 0.286 e. The minimum atomic E-state index is -0.412. The van der Waals surface area contributed by atoms with E-state index in [9.17, 15) is 14.4 Å². The minimum absolute atomic E-state index is 0.0634. The number of likely N-dealkylation sites (tertiary alicyclic amines) is 1. The molecule has 1 unspecified atom stereocenters. The van der Waals surface area contributed by atoms with Crippen molar-refractivity contribution >= 4 is 34.7 Å². The maximum absolute atomic E-state index is 12.9. The Bertz CT molecular complexity index is 1090. The van der Waals surface area contributed by atoms with Gasteiger partial charge in [0, 0.05) is 25.3 Å². The molecule has 3 aromatic rings. The molecular formula is C23H23N5O3S. The molecule has 1 aliphatic heterocycles. The van der Waals surface area contributed by atoms with Gasteiger partial charge in [0.15, 0.2) is 0 Å². The number of benzene rings is 2. The first-order valence-corrected chi connectivity index (χ1v) is 11.2. The first-order valence-electron chi connectivity index (χ1n) is 10.4. The molecule has 0 saturated carbocycles. The number of nitrogens with zero attached hydrogens (tertiary/aromatic N) is 3. The Hall–Kier alpha value is -3.59. The second-order valence-corrected chi connectivity index (χ2v) is 8.50. The van der Waals surface area contributed by atoms with Gasteiger partial charge in [-0.05, 0) is 30.5 Å². The highest BCUT2D eigenvalue weighted by Gasteiger charge is 2.30. The van der Waals surface area contributed by atoms with Gasteiger partial charge in [0.1, 0.15) is 0 Å². The van der Waals surface area contributed by atoms with Crippen LogP contribution < -0.4 is 10.6 Å². The van der Waals surface area contributed by atoms with Crippen molar-refractivity contribution in [1.82, 2.24) is 20.4 Å². The molecule has 8 nitrogen and oxygen atoms in total. The molecule has 0 aliphatic carbocycles. The number of carbonyl (C=O) groups excluding carboxylic acids is 3. The second kappa shape index (κ2) is 10.1. The van der Waals surface area contributed by atoms with E-state index in [0.29, 0.717) is 25.3 Å². The van der Waals surface area contributed by atoms with E-state index in [1.165, 1.54) is 0 Å². The molecular weight excluding hydrogens is 426 g/mol. The van der Waals surface area contributed by atoms with E-state index < -0.39 is 5.91 Å². The van der Waals surface area contributed by atoms with Crippen molar-refractivity contribution in [3.8, 4) is 0 Å². The van der Waals surface area contributed by atoms with E-state index in [4.69, 9.17) is 0 Å². The van der Waals surface area contributed by atoms with Crippen LogP contribution in [0.3, 0.4) is 0 Å². The van der Waals surface area contributed by atoms with E-state index in [2.05, 4.69) is 20.8 Å². The summed E-state index contributed by atoms with van der Waals surface area (Å²) in [7, 11) is 0. The van der Waals surface area contributed by atoms with Crippen LogP contribution in [0.4, 0.5) is 5.69 Å². The Balaban J connectivity index is 1.34. The van der Waals surface area contributed by atoms with Crippen molar-refractivity contribution in [3.63, 3.8) is 0 Å². The lowest BCUT2D eigenvalue weighted by atomic mass is 9.97. The number of amides is 3. The predicted molar refractivity (Wildman–Crippen MR) is 121 cm³/mol. The Kier molecular flexibility index (Phi) is 6.86. The van der Waals surface area contributed by atoms with Gasteiger partial charge in [-0.15, -0.1) is 10.2 Å². The van der Waals surface area contributed by atoms with Crippen LogP contribution in [0.2, 0.25) is 0 Å². The summed E-state index contributed by atoms with van der Waals surface area (Å²) < 4.78 is 0. The van der Waals surface area contributed by atoms with Crippen LogP contribution in [0.5, 0.6) is 0 Å². The van der Waals surface area contributed by atoms with Gasteiger partial charge < -0.3 is 15.5 Å².